The summed E-state index contributed by atoms with van der Waals surface area (Å²) in [4.78, 5) is 0. The van der Waals surface area contributed by atoms with Crippen molar-refractivity contribution in [2.24, 2.45) is 5.92 Å². The van der Waals surface area contributed by atoms with Gasteiger partial charge in [0.05, 0.1) is 6.10 Å². The van der Waals surface area contributed by atoms with E-state index in [0.717, 1.165) is 50.7 Å². The zero-order chi connectivity index (χ0) is 13.1. The van der Waals surface area contributed by atoms with Crippen molar-refractivity contribution in [3.05, 3.63) is 35.1 Å². The molecule has 0 bridgehead atoms. The third-order valence-corrected chi connectivity index (χ3v) is 3.73. The maximum Gasteiger partial charge on any atom is 0.194 e. The fourth-order valence-corrected chi connectivity index (χ4v) is 2.65. The Labute approximate surface area is 105 Å². The molecule has 2 rings (SSSR count). The molecular formula is C14H17F3O. The summed E-state index contributed by atoms with van der Waals surface area (Å²) < 4.78 is 39.6. The molecule has 1 aliphatic carbocycles. The fourth-order valence-electron chi connectivity index (χ4n) is 2.65. The summed E-state index contributed by atoms with van der Waals surface area (Å²) in [5.74, 6) is -4.04. The van der Waals surface area contributed by atoms with Gasteiger partial charge in [-0.05, 0) is 24.8 Å². The third kappa shape index (κ3) is 2.69. The first kappa shape index (κ1) is 13.4. The number of aliphatic hydroxyl groups excluding tert-OH is 1. The van der Waals surface area contributed by atoms with Gasteiger partial charge in [-0.1, -0.05) is 31.7 Å². The highest BCUT2D eigenvalue weighted by molar-refractivity contribution is 5.23. The molecule has 0 aromatic heterocycles. The van der Waals surface area contributed by atoms with Crippen LogP contribution in [0.15, 0.2) is 12.1 Å². The highest BCUT2D eigenvalue weighted by atomic mass is 19.2. The Morgan fingerprint density at radius 1 is 0.944 bits per heavy atom. The zero-order valence-corrected chi connectivity index (χ0v) is 10.1. The second-order valence-corrected chi connectivity index (χ2v) is 4.96. The molecule has 0 radical (unpaired) electrons. The lowest BCUT2D eigenvalue weighted by Gasteiger charge is -2.22. The van der Waals surface area contributed by atoms with E-state index >= 15 is 0 Å². The van der Waals surface area contributed by atoms with Gasteiger partial charge >= 0.3 is 0 Å². The lowest BCUT2D eigenvalue weighted by Crippen LogP contribution is -2.14. The topological polar surface area (TPSA) is 20.2 Å². The molecule has 1 nitrogen and oxygen atoms in total. The molecule has 0 aliphatic heterocycles. The van der Waals surface area contributed by atoms with E-state index < -0.39 is 23.6 Å². The minimum atomic E-state index is -1.50. The van der Waals surface area contributed by atoms with Gasteiger partial charge in [0.15, 0.2) is 17.5 Å². The van der Waals surface area contributed by atoms with E-state index in [1.807, 2.05) is 0 Å². The number of rotatable bonds is 2. The summed E-state index contributed by atoms with van der Waals surface area (Å²) in [7, 11) is 0. The van der Waals surface area contributed by atoms with Gasteiger partial charge < -0.3 is 5.11 Å². The van der Waals surface area contributed by atoms with Crippen LogP contribution >= 0.6 is 0 Å². The van der Waals surface area contributed by atoms with Crippen LogP contribution in [0.1, 0.15) is 50.2 Å². The maximum atomic E-state index is 13.6. The Hall–Kier alpha value is -1.03. The lowest BCUT2D eigenvalue weighted by molar-refractivity contribution is 0.0942. The third-order valence-electron chi connectivity index (χ3n) is 3.73. The van der Waals surface area contributed by atoms with Gasteiger partial charge in [0.1, 0.15) is 0 Å². The van der Waals surface area contributed by atoms with E-state index in [9.17, 15) is 18.3 Å². The minimum Gasteiger partial charge on any atom is -0.388 e. The Kier molecular flexibility index (Phi) is 4.27. The number of benzene rings is 1. The van der Waals surface area contributed by atoms with Crippen LogP contribution in [0.2, 0.25) is 0 Å². The Bertz CT molecular complexity index is 412. The van der Waals surface area contributed by atoms with Gasteiger partial charge in [-0.15, -0.1) is 0 Å². The van der Waals surface area contributed by atoms with Crippen LogP contribution < -0.4 is 0 Å². The van der Waals surface area contributed by atoms with Crippen LogP contribution in [0.5, 0.6) is 0 Å². The Balaban J connectivity index is 2.22. The predicted octanol–water partition coefficient (Wildman–Crippen LogP) is 4.11. The van der Waals surface area contributed by atoms with E-state index in [1.54, 1.807) is 0 Å². The van der Waals surface area contributed by atoms with E-state index in [0.29, 0.717) is 0 Å². The molecule has 0 spiro atoms. The SMILES string of the molecule is OC(c1ccc(F)c(F)c1F)C1CCCCCC1. The average Bonchev–Trinajstić information content (AvgIpc) is 2.64. The van der Waals surface area contributed by atoms with Crippen LogP contribution in [0.4, 0.5) is 13.2 Å². The van der Waals surface area contributed by atoms with Gasteiger partial charge in [-0.2, -0.15) is 0 Å². The molecule has 18 heavy (non-hydrogen) atoms. The molecule has 100 valence electrons. The standard InChI is InChI=1S/C14H17F3O/c15-11-8-7-10(12(16)13(11)17)14(18)9-5-3-1-2-4-6-9/h7-9,14,18H,1-6H2. The summed E-state index contributed by atoms with van der Waals surface area (Å²) in [5, 5.41) is 10.1. The van der Waals surface area contributed by atoms with Crippen LogP contribution in [0, 0.1) is 23.4 Å². The van der Waals surface area contributed by atoms with Gasteiger partial charge in [0, 0.05) is 5.56 Å². The molecule has 1 fully saturated rings. The number of halogens is 3. The molecule has 1 aliphatic rings. The molecule has 0 heterocycles. The highest BCUT2D eigenvalue weighted by Crippen LogP contribution is 2.35. The molecule has 1 unspecified atom stereocenters. The second-order valence-electron chi connectivity index (χ2n) is 4.96. The van der Waals surface area contributed by atoms with E-state index in [1.165, 1.54) is 0 Å². The van der Waals surface area contributed by atoms with E-state index in [4.69, 9.17) is 0 Å². The molecular weight excluding hydrogens is 241 g/mol. The minimum absolute atomic E-state index is 0.0631. The van der Waals surface area contributed by atoms with Crippen molar-refractivity contribution in [1.29, 1.82) is 0 Å². The smallest absolute Gasteiger partial charge is 0.194 e. The van der Waals surface area contributed by atoms with Crippen molar-refractivity contribution in [1.82, 2.24) is 0 Å². The van der Waals surface area contributed by atoms with Gasteiger partial charge in [0.2, 0.25) is 0 Å². The van der Waals surface area contributed by atoms with Crippen LogP contribution in [0.3, 0.4) is 0 Å². The first-order valence-electron chi connectivity index (χ1n) is 6.42. The number of aliphatic hydroxyl groups is 1. The van der Waals surface area contributed by atoms with Gasteiger partial charge in [0.25, 0.3) is 0 Å². The van der Waals surface area contributed by atoms with Crippen molar-refractivity contribution in [2.75, 3.05) is 0 Å². The molecule has 1 atom stereocenters. The van der Waals surface area contributed by atoms with Crippen molar-refractivity contribution in [3.63, 3.8) is 0 Å². The first-order valence-corrected chi connectivity index (χ1v) is 6.42. The summed E-state index contributed by atoms with van der Waals surface area (Å²) in [6.45, 7) is 0. The lowest BCUT2D eigenvalue weighted by atomic mass is 9.89. The van der Waals surface area contributed by atoms with Crippen LogP contribution in [-0.2, 0) is 0 Å². The van der Waals surface area contributed by atoms with Crippen molar-refractivity contribution in [3.8, 4) is 0 Å². The summed E-state index contributed by atoms with van der Waals surface area (Å²) in [6.07, 6.45) is 4.78. The van der Waals surface area contributed by atoms with Gasteiger partial charge in [-0.3, -0.25) is 0 Å². The molecule has 0 saturated heterocycles. The largest absolute Gasteiger partial charge is 0.388 e. The van der Waals surface area contributed by atoms with Crippen molar-refractivity contribution < 1.29 is 18.3 Å². The summed E-state index contributed by atoms with van der Waals surface area (Å²) in [6, 6.07) is 2.01. The fraction of sp³-hybridized carbons (Fsp3) is 0.571. The Morgan fingerprint density at radius 2 is 1.56 bits per heavy atom. The summed E-state index contributed by atoms with van der Waals surface area (Å²) in [5.41, 5.74) is -0.124. The normalized spacial score (nSPS) is 19.6. The molecule has 1 saturated carbocycles. The number of hydrogen-bond donors (Lipinski definition) is 1. The van der Waals surface area contributed by atoms with Gasteiger partial charge in [-0.25, -0.2) is 13.2 Å². The van der Waals surface area contributed by atoms with Crippen LogP contribution in [-0.4, -0.2) is 5.11 Å². The molecule has 4 heteroatoms. The van der Waals surface area contributed by atoms with Crippen molar-refractivity contribution in [2.45, 2.75) is 44.6 Å². The zero-order valence-electron chi connectivity index (χ0n) is 10.1. The quantitative estimate of drug-likeness (QED) is 0.625. The monoisotopic (exact) mass is 258 g/mol. The van der Waals surface area contributed by atoms with E-state index in [-0.39, 0.29) is 11.5 Å². The van der Waals surface area contributed by atoms with E-state index in [2.05, 4.69) is 0 Å². The first-order chi connectivity index (χ1) is 8.61. The summed E-state index contributed by atoms with van der Waals surface area (Å²) >= 11 is 0. The maximum absolute atomic E-state index is 13.6. The molecule has 1 aromatic rings. The van der Waals surface area contributed by atoms with Crippen molar-refractivity contribution >= 4 is 0 Å². The highest BCUT2D eigenvalue weighted by Gasteiger charge is 2.26. The molecule has 1 aromatic carbocycles. The Morgan fingerprint density at radius 3 is 2.17 bits per heavy atom. The average molecular weight is 258 g/mol. The molecule has 1 N–H and O–H groups in total. The van der Waals surface area contributed by atoms with Crippen LogP contribution in [0.25, 0.3) is 0 Å². The number of hydrogen-bond acceptors (Lipinski definition) is 1. The second kappa shape index (κ2) is 5.74. The molecule has 0 amide bonds. The predicted molar refractivity (Wildman–Crippen MR) is 62.5 cm³/mol.